The molecule has 1 aromatic carbocycles. The summed E-state index contributed by atoms with van der Waals surface area (Å²) in [6.45, 7) is 6.14. The number of carbonyl (C=O) groups is 1. The minimum Gasteiger partial charge on any atom is -0.306 e. The molecular formula is C21H24N4O3S. The molecule has 0 spiro atoms. The van der Waals surface area contributed by atoms with Crippen molar-refractivity contribution in [2.45, 2.75) is 31.9 Å². The number of anilines is 1. The highest BCUT2D eigenvalue weighted by Gasteiger charge is 2.22. The fraction of sp³-hybridized carbons (Fsp3) is 0.286. The Morgan fingerprint density at radius 3 is 2.34 bits per heavy atom. The minimum atomic E-state index is -3.13. The predicted molar refractivity (Wildman–Crippen MR) is 113 cm³/mol. The molecule has 29 heavy (non-hydrogen) atoms. The summed E-state index contributed by atoms with van der Waals surface area (Å²) in [5, 5.41) is 7.51. The van der Waals surface area contributed by atoms with Gasteiger partial charge in [0.2, 0.25) is 0 Å². The van der Waals surface area contributed by atoms with Gasteiger partial charge in [-0.2, -0.15) is 9.78 Å². The summed E-state index contributed by atoms with van der Waals surface area (Å²) in [6, 6.07) is 13.8. The number of sulfone groups is 1. The lowest BCUT2D eigenvalue weighted by Crippen LogP contribution is -2.15. The number of amides is 1. The van der Waals surface area contributed by atoms with Gasteiger partial charge < -0.3 is 5.32 Å². The summed E-state index contributed by atoms with van der Waals surface area (Å²) in [5.41, 5.74) is 1.68. The number of hydrogen-bond donors (Lipinski definition) is 1. The van der Waals surface area contributed by atoms with Gasteiger partial charge in [0.25, 0.3) is 5.91 Å². The molecular weight excluding hydrogens is 388 g/mol. The lowest BCUT2D eigenvalue weighted by molar-refractivity contribution is 0.102. The monoisotopic (exact) mass is 412 g/mol. The molecule has 0 saturated heterocycles. The van der Waals surface area contributed by atoms with E-state index < -0.39 is 9.84 Å². The van der Waals surface area contributed by atoms with Gasteiger partial charge in [-0.1, -0.05) is 39.0 Å². The predicted octanol–water partition coefficient (Wildman–Crippen LogP) is 3.36. The highest BCUT2D eigenvalue weighted by molar-refractivity contribution is 7.89. The molecule has 0 aliphatic rings. The van der Waals surface area contributed by atoms with Crippen LogP contribution in [0.4, 0.5) is 5.82 Å². The van der Waals surface area contributed by atoms with Crippen LogP contribution >= 0.6 is 0 Å². The number of carbonyl (C=O) groups excluding carboxylic acids is 1. The topological polar surface area (TPSA) is 94.0 Å². The molecule has 7 nitrogen and oxygen atoms in total. The zero-order valence-electron chi connectivity index (χ0n) is 16.9. The van der Waals surface area contributed by atoms with E-state index in [1.54, 1.807) is 35.1 Å². The summed E-state index contributed by atoms with van der Waals surface area (Å²) in [5.74, 6) is 0.741. The number of nitrogens with zero attached hydrogens (tertiary/aromatic N) is 3. The average molecular weight is 413 g/mol. The van der Waals surface area contributed by atoms with Gasteiger partial charge in [-0.05, 0) is 29.8 Å². The molecule has 0 saturated carbocycles. The van der Waals surface area contributed by atoms with Gasteiger partial charge in [0.1, 0.15) is 5.82 Å². The van der Waals surface area contributed by atoms with Crippen LogP contribution in [0.1, 0.15) is 42.4 Å². The SMILES string of the molecule is CC(C)(C)c1cc(NC(=O)c2ccc(CS(C)(=O)=O)cc2)n(-c2ccccn2)n1. The first kappa shape index (κ1) is 20.7. The van der Waals surface area contributed by atoms with Crippen molar-refractivity contribution in [2.75, 3.05) is 11.6 Å². The largest absolute Gasteiger partial charge is 0.306 e. The van der Waals surface area contributed by atoms with Gasteiger partial charge in [-0.15, -0.1) is 0 Å². The third-order valence-corrected chi connectivity index (χ3v) is 5.09. The number of rotatable bonds is 5. The van der Waals surface area contributed by atoms with Crippen LogP contribution in [0.3, 0.4) is 0 Å². The Balaban J connectivity index is 1.89. The van der Waals surface area contributed by atoms with Crippen LogP contribution in [0.2, 0.25) is 0 Å². The number of nitrogens with one attached hydrogen (secondary N) is 1. The second kappa shape index (κ2) is 7.79. The molecule has 0 radical (unpaired) electrons. The summed E-state index contributed by atoms with van der Waals surface area (Å²) in [7, 11) is -3.13. The van der Waals surface area contributed by atoms with Crippen molar-refractivity contribution in [3.63, 3.8) is 0 Å². The van der Waals surface area contributed by atoms with Gasteiger partial charge in [0.15, 0.2) is 15.7 Å². The van der Waals surface area contributed by atoms with Gasteiger partial charge >= 0.3 is 0 Å². The molecule has 3 aromatic rings. The third-order valence-electron chi connectivity index (χ3n) is 4.23. The number of aromatic nitrogens is 3. The maximum Gasteiger partial charge on any atom is 0.256 e. The van der Waals surface area contributed by atoms with Crippen molar-refractivity contribution in [1.82, 2.24) is 14.8 Å². The Morgan fingerprint density at radius 1 is 1.10 bits per heavy atom. The molecule has 8 heteroatoms. The Morgan fingerprint density at radius 2 is 1.79 bits per heavy atom. The molecule has 0 atom stereocenters. The fourth-order valence-corrected chi connectivity index (χ4v) is 3.53. The van der Waals surface area contributed by atoms with Crippen molar-refractivity contribution < 1.29 is 13.2 Å². The molecule has 3 rings (SSSR count). The first-order valence-corrected chi connectivity index (χ1v) is 11.2. The van der Waals surface area contributed by atoms with E-state index in [1.807, 2.05) is 45.0 Å². The van der Waals surface area contributed by atoms with Crippen LogP contribution in [0.5, 0.6) is 0 Å². The molecule has 1 amide bonds. The molecule has 2 heterocycles. The van der Waals surface area contributed by atoms with Crippen molar-refractivity contribution >= 4 is 21.6 Å². The van der Waals surface area contributed by atoms with E-state index in [9.17, 15) is 13.2 Å². The van der Waals surface area contributed by atoms with Crippen LogP contribution in [-0.4, -0.2) is 35.3 Å². The van der Waals surface area contributed by atoms with Crippen LogP contribution in [0, 0.1) is 0 Å². The normalized spacial score (nSPS) is 12.0. The minimum absolute atomic E-state index is 0.0592. The first-order chi connectivity index (χ1) is 13.5. The summed E-state index contributed by atoms with van der Waals surface area (Å²) >= 11 is 0. The van der Waals surface area contributed by atoms with Crippen molar-refractivity contribution in [3.8, 4) is 5.82 Å². The first-order valence-electron chi connectivity index (χ1n) is 9.13. The Bertz CT molecular complexity index is 1110. The molecule has 2 aromatic heterocycles. The zero-order chi connectivity index (χ0) is 21.2. The van der Waals surface area contributed by atoms with Gasteiger partial charge in [-0.3, -0.25) is 4.79 Å². The smallest absolute Gasteiger partial charge is 0.256 e. The van der Waals surface area contributed by atoms with Gasteiger partial charge in [0.05, 0.1) is 11.4 Å². The maximum atomic E-state index is 12.8. The molecule has 0 fully saturated rings. The Hall–Kier alpha value is -3.00. The standard InChI is InChI=1S/C21H24N4O3S/c1-21(2,3)17-13-19(25(24-17)18-7-5-6-12-22-18)23-20(26)16-10-8-15(9-11-16)14-29(4,27)28/h5-13H,14H2,1-4H3,(H,23,26). The van der Waals surface area contributed by atoms with E-state index in [0.717, 1.165) is 5.69 Å². The Labute approximate surface area is 170 Å². The molecule has 0 bridgehead atoms. The van der Waals surface area contributed by atoms with Crippen molar-refractivity contribution in [3.05, 3.63) is 71.5 Å². The van der Waals surface area contributed by atoms with E-state index >= 15 is 0 Å². The Kier molecular flexibility index (Phi) is 5.57. The summed E-state index contributed by atoms with van der Waals surface area (Å²) in [4.78, 5) is 17.1. The van der Waals surface area contributed by atoms with E-state index in [4.69, 9.17) is 0 Å². The van der Waals surface area contributed by atoms with E-state index in [2.05, 4.69) is 15.4 Å². The van der Waals surface area contributed by atoms with Crippen LogP contribution < -0.4 is 5.32 Å². The second-order valence-electron chi connectivity index (χ2n) is 7.99. The molecule has 1 N–H and O–H groups in total. The quantitative estimate of drug-likeness (QED) is 0.693. The summed E-state index contributed by atoms with van der Waals surface area (Å²) in [6.07, 6.45) is 2.85. The molecule has 0 unspecified atom stereocenters. The van der Waals surface area contributed by atoms with Crippen molar-refractivity contribution in [1.29, 1.82) is 0 Å². The highest BCUT2D eigenvalue weighted by atomic mass is 32.2. The molecule has 152 valence electrons. The molecule has 0 aliphatic heterocycles. The van der Waals surface area contributed by atoms with E-state index in [0.29, 0.717) is 22.8 Å². The summed E-state index contributed by atoms with van der Waals surface area (Å²) < 4.78 is 24.5. The van der Waals surface area contributed by atoms with E-state index in [-0.39, 0.29) is 17.1 Å². The average Bonchev–Trinajstić information content (AvgIpc) is 3.06. The maximum absolute atomic E-state index is 12.8. The van der Waals surface area contributed by atoms with Crippen LogP contribution in [0.25, 0.3) is 5.82 Å². The van der Waals surface area contributed by atoms with Crippen LogP contribution in [-0.2, 0) is 21.0 Å². The molecule has 0 aliphatic carbocycles. The fourth-order valence-electron chi connectivity index (χ4n) is 2.73. The zero-order valence-corrected chi connectivity index (χ0v) is 17.7. The number of pyridine rings is 1. The number of hydrogen-bond acceptors (Lipinski definition) is 5. The number of benzene rings is 1. The third kappa shape index (κ3) is 5.29. The van der Waals surface area contributed by atoms with E-state index in [1.165, 1.54) is 6.26 Å². The van der Waals surface area contributed by atoms with Gasteiger partial charge in [0, 0.05) is 29.5 Å². The second-order valence-corrected chi connectivity index (χ2v) is 10.1. The van der Waals surface area contributed by atoms with Crippen molar-refractivity contribution in [2.24, 2.45) is 0 Å². The highest BCUT2D eigenvalue weighted by Crippen LogP contribution is 2.26. The van der Waals surface area contributed by atoms with Gasteiger partial charge in [-0.25, -0.2) is 13.4 Å². The van der Waals surface area contributed by atoms with Crippen LogP contribution in [0.15, 0.2) is 54.7 Å². The lowest BCUT2D eigenvalue weighted by atomic mass is 9.92. The lowest BCUT2D eigenvalue weighted by Gasteiger charge is -2.13.